The number of aliphatic carboxylic acids is 1. The minimum atomic E-state index is -1.04. The maximum absolute atomic E-state index is 13.3. The van der Waals surface area contributed by atoms with Gasteiger partial charge in [-0.05, 0) is 49.4 Å². The number of nitrogens with one attached hydrogen (secondary N) is 5. The van der Waals surface area contributed by atoms with Gasteiger partial charge in [0, 0.05) is 25.6 Å². The van der Waals surface area contributed by atoms with Gasteiger partial charge in [-0.25, -0.2) is 4.79 Å². The van der Waals surface area contributed by atoms with Gasteiger partial charge < -0.3 is 42.2 Å². The Bertz CT molecular complexity index is 1050. The first-order valence-corrected chi connectivity index (χ1v) is 13.5. The minimum Gasteiger partial charge on any atom is -0.481 e. The fourth-order valence-corrected chi connectivity index (χ4v) is 3.78. The third kappa shape index (κ3) is 14.1. The molecule has 0 aliphatic heterocycles. The van der Waals surface area contributed by atoms with E-state index >= 15 is 0 Å². The van der Waals surface area contributed by atoms with E-state index in [1.54, 1.807) is 45.0 Å². The summed E-state index contributed by atoms with van der Waals surface area (Å²) < 4.78 is 4.95. The zero-order chi connectivity index (χ0) is 30.9. The average Bonchev–Trinajstić information content (AvgIpc) is 2.90. The van der Waals surface area contributed by atoms with Crippen LogP contribution < -0.4 is 32.3 Å². The van der Waals surface area contributed by atoms with Crippen LogP contribution in [0.2, 0.25) is 0 Å². The second-order valence-corrected chi connectivity index (χ2v) is 9.73. The third-order valence-corrected chi connectivity index (χ3v) is 5.93. The van der Waals surface area contributed by atoms with Crippen molar-refractivity contribution in [3.63, 3.8) is 0 Å². The number of urea groups is 1. The number of carbonyl (C=O) groups is 6. The highest BCUT2D eigenvalue weighted by Crippen LogP contribution is 2.13. The summed E-state index contributed by atoms with van der Waals surface area (Å²) in [4.78, 5) is 72.4. The van der Waals surface area contributed by atoms with Gasteiger partial charge in [-0.15, -0.1) is 0 Å². The lowest BCUT2D eigenvalue weighted by molar-refractivity contribution is -0.142. The number of rotatable bonds is 18. The van der Waals surface area contributed by atoms with Gasteiger partial charge in [0.05, 0.1) is 6.04 Å². The van der Waals surface area contributed by atoms with Crippen molar-refractivity contribution in [3.05, 3.63) is 29.8 Å². The summed E-state index contributed by atoms with van der Waals surface area (Å²) in [5.41, 5.74) is 6.26. The molecule has 8 N–H and O–H groups in total. The number of likely N-dealkylation sites (N-methyl/N-ethyl adjacent to an activating group) is 1. The highest BCUT2D eigenvalue weighted by molar-refractivity contribution is 5.98. The van der Waals surface area contributed by atoms with E-state index in [2.05, 4.69) is 26.6 Å². The Hall–Kier alpha value is -4.20. The molecule has 0 fully saturated rings. The van der Waals surface area contributed by atoms with Gasteiger partial charge in [-0.1, -0.05) is 32.9 Å². The number of esters is 1. The van der Waals surface area contributed by atoms with Gasteiger partial charge in [0.1, 0.15) is 18.7 Å². The number of amides is 5. The SMILES string of the molecule is CCNC(CCC(=O)O)C(=O)NC(C(=O)NC(CCCNC(N)=O)C(=O)Nc1ccc(COC(C)=O)cc1)C(C)C. The third-order valence-electron chi connectivity index (χ3n) is 5.93. The molecule has 228 valence electrons. The van der Waals surface area contributed by atoms with Crippen LogP contribution in [-0.4, -0.2) is 72.0 Å². The van der Waals surface area contributed by atoms with E-state index in [9.17, 15) is 28.8 Å². The Morgan fingerprint density at radius 2 is 1.59 bits per heavy atom. The van der Waals surface area contributed by atoms with E-state index < -0.39 is 53.8 Å². The molecule has 0 aliphatic rings. The van der Waals surface area contributed by atoms with Crippen molar-refractivity contribution in [2.24, 2.45) is 11.7 Å². The van der Waals surface area contributed by atoms with Gasteiger partial charge in [0.25, 0.3) is 0 Å². The highest BCUT2D eigenvalue weighted by atomic mass is 16.5. The standard InChI is InChI=1S/C27H42N6O8/c1-5-29-20(12-13-22(35)36)24(37)33-23(16(2)3)26(39)32-21(7-6-14-30-27(28)40)25(38)31-19-10-8-18(9-11-19)15-41-17(4)34/h8-11,16,20-21,23,29H,5-7,12-15H2,1-4H3,(H,31,38)(H,32,39)(H,33,37)(H,35,36)(H3,28,30,40). The Kier molecular flexibility index (Phi) is 15.5. The number of nitrogens with two attached hydrogens (primary N) is 1. The quantitative estimate of drug-likeness (QED) is 0.0957. The number of carboxylic acids is 1. The van der Waals surface area contributed by atoms with Crippen LogP contribution in [0.3, 0.4) is 0 Å². The molecule has 3 atom stereocenters. The summed E-state index contributed by atoms with van der Waals surface area (Å²) in [6.07, 6.45) is 0.285. The van der Waals surface area contributed by atoms with Crippen LogP contribution in [-0.2, 0) is 35.3 Å². The zero-order valence-corrected chi connectivity index (χ0v) is 24.0. The van der Waals surface area contributed by atoms with E-state index in [-0.39, 0.29) is 38.3 Å². The van der Waals surface area contributed by atoms with Crippen molar-refractivity contribution in [3.8, 4) is 0 Å². The van der Waals surface area contributed by atoms with Crippen LogP contribution in [0.1, 0.15) is 58.9 Å². The Balaban J connectivity index is 3.00. The van der Waals surface area contributed by atoms with Gasteiger partial charge >= 0.3 is 18.0 Å². The molecule has 0 saturated heterocycles. The fourth-order valence-electron chi connectivity index (χ4n) is 3.78. The first kappa shape index (κ1) is 34.8. The molecule has 5 amide bonds. The van der Waals surface area contributed by atoms with E-state index in [0.717, 1.165) is 5.56 Å². The number of ether oxygens (including phenoxy) is 1. The summed E-state index contributed by atoms with van der Waals surface area (Å²) in [5, 5.41) is 22.5. The number of primary amides is 1. The van der Waals surface area contributed by atoms with Crippen LogP contribution in [0.4, 0.5) is 10.5 Å². The summed E-state index contributed by atoms with van der Waals surface area (Å²) >= 11 is 0. The Labute approximate surface area is 239 Å². The van der Waals surface area contributed by atoms with Crippen molar-refractivity contribution >= 4 is 41.4 Å². The van der Waals surface area contributed by atoms with Gasteiger partial charge in [0.15, 0.2) is 0 Å². The monoisotopic (exact) mass is 578 g/mol. The molecule has 0 heterocycles. The average molecular weight is 579 g/mol. The van der Waals surface area contributed by atoms with Gasteiger partial charge in [-0.2, -0.15) is 0 Å². The molecule has 0 radical (unpaired) electrons. The largest absolute Gasteiger partial charge is 0.481 e. The molecule has 14 nitrogen and oxygen atoms in total. The first-order chi connectivity index (χ1) is 19.3. The van der Waals surface area contributed by atoms with Crippen molar-refractivity contribution in [1.82, 2.24) is 21.3 Å². The summed E-state index contributed by atoms with van der Waals surface area (Å²) in [7, 11) is 0. The number of carbonyl (C=O) groups excluding carboxylic acids is 5. The van der Waals surface area contributed by atoms with Crippen LogP contribution >= 0.6 is 0 Å². The molecule has 0 aliphatic carbocycles. The van der Waals surface area contributed by atoms with Crippen molar-refractivity contribution in [2.75, 3.05) is 18.4 Å². The highest BCUT2D eigenvalue weighted by Gasteiger charge is 2.31. The molecule has 1 aromatic rings. The lowest BCUT2D eigenvalue weighted by atomic mass is 10.0. The predicted octanol–water partition coefficient (Wildman–Crippen LogP) is 0.605. The summed E-state index contributed by atoms with van der Waals surface area (Å²) in [6, 6.07) is 3.05. The van der Waals surface area contributed by atoms with Crippen molar-refractivity contribution in [1.29, 1.82) is 0 Å². The summed E-state index contributed by atoms with van der Waals surface area (Å²) in [5.74, 6) is -3.46. The molecule has 1 aromatic carbocycles. The lowest BCUT2D eigenvalue weighted by Crippen LogP contribution is -2.57. The number of hydrogen-bond acceptors (Lipinski definition) is 8. The number of hydrogen-bond donors (Lipinski definition) is 7. The van der Waals surface area contributed by atoms with Crippen LogP contribution in [0.5, 0.6) is 0 Å². The van der Waals surface area contributed by atoms with E-state index in [0.29, 0.717) is 18.7 Å². The zero-order valence-electron chi connectivity index (χ0n) is 24.0. The first-order valence-electron chi connectivity index (χ1n) is 13.5. The van der Waals surface area contributed by atoms with Crippen molar-refractivity contribution < 1.29 is 38.6 Å². The molecule has 0 spiro atoms. The molecule has 3 unspecified atom stereocenters. The molecule has 41 heavy (non-hydrogen) atoms. The molecule has 1 rings (SSSR count). The predicted molar refractivity (Wildman–Crippen MR) is 150 cm³/mol. The van der Waals surface area contributed by atoms with E-state index in [1.807, 2.05) is 0 Å². The second kappa shape index (κ2) is 18.2. The normalized spacial score (nSPS) is 12.9. The van der Waals surface area contributed by atoms with E-state index in [1.165, 1.54) is 6.92 Å². The van der Waals surface area contributed by atoms with Gasteiger partial charge in [0.2, 0.25) is 17.7 Å². The minimum absolute atomic E-state index is 0.0407. The topological polar surface area (TPSA) is 218 Å². The van der Waals surface area contributed by atoms with Crippen LogP contribution in [0, 0.1) is 5.92 Å². The fraction of sp³-hybridized carbons (Fsp3) is 0.556. The smallest absolute Gasteiger partial charge is 0.312 e. The Morgan fingerprint density at radius 3 is 2.12 bits per heavy atom. The molecular formula is C27H42N6O8. The second-order valence-electron chi connectivity index (χ2n) is 9.73. The maximum atomic E-state index is 13.3. The molecular weight excluding hydrogens is 536 g/mol. The number of benzene rings is 1. The lowest BCUT2D eigenvalue weighted by Gasteiger charge is -2.27. The molecule has 0 bridgehead atoms. The molecule has 0 aromatic heterocycles. The number of carboxylic acid groups (broad SMARTS) is 1. The Morgan fingerprint density at radius 1 is 0.927 bits per heavy atom. The van der Waals surface area contributed by atoms with Gasteiger partial charge in [-0.3, -0.25) is 24.0 Å². The summed E-state index contributed by atoms with van der Waals surface area (Å²) in [6.45, 7) is 7.22. The molecule has 14 heteroatoms. The number of anilines is 1. The van der Waals surface area contributed by atoms with Crippen LogP contribution in [0.15, 0.2) is 24.3 Å². The van der Waals surface area contributed by atoms with Crippen molar-refractivity contribution in [2.45, 2.75) is 78.1 Å². The molecule has 0 saturated carbocycles. The maximum Gasteiger partial charge on any atom is 0.312 e. The van der Waals surface area contributed by atoms with E-state index in [4.69, 9.17) is 15.6 Å². The van der Waals surface area contributed by atoms with Crippen LogP contribution in [0.25, 0.3) is 0 Å².